The molecule has 1 saturated carbocycles. The van der Waals surface area contributed by atoms with Gasteiger partial charge in [-0.2, -0.15) is 0 Å². The third kappa shape index (κ3) is 4.81. The molecule has 1 aliphatic heterocycles. The molecule has 3 N–H and O–H groups in total. The predicted octanol–water partition coefficient (Wildman–Crippen LogP) is 0.643. The first-order valence-corrected chi connectivity index (χ1v) is 8.95. The first kappa shape index (κ1) is 25.4. The van der Waals surface area contributed by atoms with Crippen LogP contribution in [0.3, 0.4) is 0 Å². The zero-order valence-electron chi connectivity index (χ0n) is 16.2. The highest BCUT2D eigenvalue weighted by Gasteiger charge is 2.63. The number of nitrogens with zero attached hydrogens (tertiary/aromatic N) is 2. The van der Waals surface area contributed by atoms with E-state index in [-0.39, 0.29) is 48.1 Å². The van der Waals surface area contributed by atoms with E-state index in [1.54, 1.807) is 0 Å². The van der Waals surface area contributed by atoms with Crippen molar-refractivity contribution in [3.63, 3.8) is 0 Å². The van der Waals surface area contributed by atoms with Crippen molar-refractivity contribution in [1.29, 1.82) is 0 Å². The molecule has 2 amide bonds. The molecule has 0 aromatic heterocycles. The van der Waals surface area contributed by atoms with Gasteiger partial charge in [0.05, 0.1) is 12.6 Å². The Morgan fingerprint density at radius 2 is 1.73 bits per heavy atom. The van der Waals surface area contributed by atoms with E-state index in [1.165, 1.54) is 0 Å². The van der Waals surface area contributed by atoms with Crippen LogP contribution in [0.25, 0.3) is 0 Å². The van der Waals surface area contributed by atoms with Gasteiger partial charge in [0.2, 0.25) is 11.8 Å². The maximum atomic E-state index is 12.9. The van der Waals surface area contributed by atoms with Crippen molar-refractivity contribution in [2.45, 2.75) is 45.8 Å². The van der Waals surface area contributed by atoms with Gasteiger partial charge in [0, 0.05) is 51.2 Å². The molecule has 1 heterocycles. The van der Waals surface area contributed by atoms with Crippen molar-refractivity contribution >= 4 is 36.6 Å². The number of amides is 2. The molecular formula is C17H34Cl2N4O3. The molecule has 7 nitrogen and oxygen atoms in total. The highest BCUT2D eigenvalue weighted by molar-refractivity contribution is 5.89. The van der Waals surface area contributed by atoms with Gasteiger partial charge in [-0.25, -0.2) is 0 Å². The Morgan fingerprint density at radius 1 is 1.15 bits per heavy atom. The van der Waals surface area contributed by atoms with Gasteiger partial charge in [0.25, 0.3) is 0 Å². The Morgan fingerprint density at radius 3 is 2.19 bits per heavy atom. The molecule has 2 unspecified atom stereocenters. The quantitative estimate of drug-likeness (QED) is 0.668. The SMILES string of the molecule is CCNC(=O)CN1CCN(C(=O)C2(N)CC(OCC)C2(C)C)CC1.Cl.Cl. The van der Waals surface area contributed by atoms with Crippen LogP contribution in [0.5, 0.6) is 0 Å². The summed E-state index contributed by atoms with van der Waals surface area (Å²) in [6, 6.07) is 0. The predicted molar refractivity (Wildman–Crippen MR) is 107 cm³/mol. The van der Waals surface area contributed by atoms with Crippen molar-refractivity contribution in [3.05, 3.63) is 0 Å². The minimum atomic E-state index is -0.853. The summed E-state index contributed by atoms with van der Waals surface area (Å²) in [6.45, 7) is 12.2. The van der Waals surface area contributed by atoms with Crippen LogP contribution < -0.4 is 11.1 Å². The Kier molecular flexibility index (Phi) is 9.85. The molecule has 2 rings (SSSR count). The van der Waals surface area contributed by atoms with Crippen LogP contribution in [0.4, 0.5) is 0 Å². The number of nitrogens with one attached hydrogen (secondary N) is 1. The van der Waals surface area contributed by atoms with Crippen LogP contribution in [-0.4, -0.2) is 79.1 Å². The highest BCUT2D eigenvalue weighted by Crippen LogP contribution is 2.50. The van der Waals surface area contributed by atoms with Crippen LogP contribution >= 0.6 is 24.8 Å². The fourth-order valence-corrected chi connectivity index (χ4v) is 3.65. The molecule has 0 aromatic carbocycles. The molecule has 0 spiro atoms. The van der Waals surface area contributed by atoms with Gasteiger partial charge in [0.1, 0.15) is 5.54 Å². The Labute approximate surface area is 169 Å². The first-order chi connectivity index (χ1) is 11.3. The Hall–Kier alpha value is -0.600. The second-order valence-corrected chi connectivity index (χ2v) is 7.36. The van der Waals surface area contributed by atoms with Crippen molar-refractivity contribution in [3.8, 4) is 0 Å². The van der Waals surface area contributed by atoms with Crippen molar-refractivity contribution in [1.82, 2.24) is 15.1 Å². The average molecular weight is 413 g/mol. The second kappa shape index (κ2) is 10.1. The maximum Gasteiger partial charge on any atom is 0.243 e. The van der Waals surface area contributed by atoms with Gasteiger partial charge in [-0.15, -0.1) is 24.8 Å². The lowest BCUT2D eigenvalue weighted by Crippen LogP contribution is -2.76. The molecule has 154 valence electrons. The first-order valence-electron chi connectivity index (χ1n) is 8.95. The zero-order chi connectivity index (χ0) is 18.0. The van der Waals surface area contributed by atoms with Gasteiger partial charge >= 0.3 is 0 Å². The Bertz CT molecular complexity index is 485. The van der Waals surface area contributed by atoms with E-state index >= 15 is 0 Å². The molecule has 1 aliphatic carbocycles. The maximum absolute atomic E-state index is 12.9. The smallest absolute Gasteiger partial charge is 0.243 e. The van der Waals surface area contributed by atoms with Gasteiger partial charge in [-0.05, 0) is 13.8 Å². The molecule has 26 heavy (non-hydrogen) atoms. The molecule has 0 aromatic rings. The summed E-state index contributed by atoms with van der Waals surface area (Å²) in [7, 11) is 0. The molecule has 2 fully saturated rings. The third-order valence-corrected chi connectivity index (χ3v) is 5.61. The van der Waals surface area contributed by atoms with Crippen molar-refractivity contribution in [2.75, 3.05) is 45.9 Å². The monoisotopic (exact) mass is 412 g/mol. The van der Waals surface area contributed by atoms with E-state index in [0.717, 1.165) is 0 Å². The topological polar surface area (TPSA) is 87.9 Å². The van der Waals surface area contributed by atoms with E-state index in [4.69, 9.17) is 10.5 Å². The van der Waals surface area contributed by atoms with E-state index < -0.39 is 5.54 Å². The number of ether oxygens (including phenoxy) is 1. The zero-order valence-corrected chi connectivity index (χ0v) is 17.9. The molecule has 9 heteroatoms. The number of nitrogens with two attached hydrogens (primary N) is 1. The van der Waals surface area contributed by atoms with E-state index in [1.807, 2.05) is 32.6 Å². The summed E-state index contributed by atoms with van der Waals surface area (Å²) >= 11 is 0. The lowest BCUT2D eigenvalue weighted by molar-refractivity contribution is -0.180. The number of carbonyl (C=O) groups excluding carboxylic acids is 2. The number of piperazine rings is 1. The van der Waals surface area contributed by atoms with Crippen molar-refractivity contribution in [2.24, 2.45) is 11.1 Å². The number of likely N-dealkylation sites (N-methyl/N-ethyl adjacent to an activating group) is 1. The lowest BCUT2D eigenvalue weighted by Gasteiger charge is -2.59. The van der Waals surface area contributed by atoms with Crippen molar-refractivity contribution < 1.29 is 14.3 Å². The summed E-state index contributed by atoms with van der Waals surface area (Å²) in [5, 5.41) is 2.80. The van der Waals surface area contributed by atoms with Crippen LogP contribution in [-0.2, 0) is 14.3 Å². The van der Waals surface area contributed by atoms with Crippen LogP contribution in [0.2, 0.25) is 0 Å². The summed E-state index contributed by atoms with van der Waals surface area (Å²) in [5.41, 5.74) is 5.27. The normalized spacial score (nSPS) is 27.6. The van der Waals surface area contributed by atoms with E-state index in [9.17, 15) is 9.59 Å². The van der Waals surface area contributed by atoms with Crippen LogP contribution in [0, 0.1) is 5.41 Å². The number of carbonyl (C=O) groups is 2. The molecule has 1 saturated heterocycles. The minimum Gasteiger partial charge on any atom is -0.378 e. The summed E-state index contributed by atoms with van der Waals surface area (Å²) in [4.78, 5) is 28.5. The molecule has 0 radical (unpaired) electrons. The largest absolute Gasteiger partial charge is 0.378 e. The van der Waals surface area contributed by atoms with Gasteiger partial charge < -0.3 is 20.7 Å². The number of halogens is 2. The summed E-state index contributed by atoms with van der Waals surface area (Å²) in [6.07, 6.45) is 0.613. The average Bonchev–Trinajstić information content (AvgIpc) is 2.54. The fraction of sp³-hybridized carbons (Fsp3) is 0.882. The lowest BCUT2D eigenvalue weighted by atomic mass is 9.54. The fourth-order valence-electron chi connectivity index (χ4n) is 3.65. The Balaban J connectivity index is 0.00000312. The second-order valence-electron chi connectivity index (χ2n) is 7.36. The highest BCUT2D eigenvalue weighted by atomic mass is 35.5. The van der Waals surface area contributed by atoms with Gasteiger partial charge in [-0.3, -0.25) is 14.5 Å². The molecule has 2 aliphatic rings. The van der Waals surface area contributed by atoms with Crippen LogP contribution in [0.15, 0.2) is 0 Å². The number of hydrogen-bond acceptors (Lipinski definition) is 5. The minimum absolute atomic E-state index is 0. The molecular weight excluding hydrogens is 379 g/mol. The van der Waals surface area contributed by atoms with E-state index in [2.05, 4.69) is 10.2 Å². The van der Waals surface area contributed by atoms with Gasteiger partial charge in [-0.1, -0.05) is 13.8 Å². The third-order valence-electron chi connectivity index (χ3n) is 5.61. The summed E-state index contributed by atoms with van der Waals surface area (Å²) in [5.74, 6) is 0.0494. The van der Waals surface area contributed by atoms with Gasteiger partial charge in [0.15, 0.2) is 0 Å². The van der Waals surface area contributed by atoms with Crippen LogP contribution in [0.1, 0.15) is 34.1 Å². The molecule has 2 atom stereocenters. The van der Waals surface area contributed by atoms with E-state index in [0.29, 0.717) is 52.3 Å². The standard InChI is InChI=1S/C17H32N4O3.2ClH/c1-5-19-14(22)12-20-7-9-21(10-8-20)15(23)17(18)11-13(24-6-2)16(17,3)4;;/h13H,5-12,18H2,1-4H3,(H,19,22);2*1H. The summed E-state index contributed by atoms with van der Waals surface area (Å²) < 4.78 is 5.71. The number of rotatable bonds is 6. The number of hydrogen-bond donors (Lipinski definition) is 2. The molecule has 0 bridgehead atoms.